The molecule has 0 fully saturated rings. The minimum Gasteiger partial charge on any atom is -0.250 e. The summed E-state index contributed by atoms with van der Waals surface area (Å²) < 4.78 is 2.01. The number of aromatic nitrogens is 3. The molecular weight excluding hydrogens is 182 g/mol. The molecule has 0 aliphatic heterocycles. The first-order valence-electron chi connectivity index (χ1n) is 4.85. The van der Waals surface area contributed by atoms with Crippen molar-refractivity contribution in [3.05, 3.63) is 11.6 Å². The van der Waals surface area contributed by atoms with E-state index in [1.165, 1.54) is 0 Å². The average molecular weight is 199 g/mol. The van der Waals surface area contributed by atoms with E-state index in [2.05, 4.69) is 36.6 Å². The van der Waals surface area contributed by atoms with Gasteiger partial charge in [-0.15, -0.1) is 0 Å². The molecule has 0 atom stereocenters. The van der Waals surface area contributed by atoms with Gasteiger partial charge in [0, 0.05) is 19.4 Å². The van der Waals surface area contributed by atoms with Gasteiger partial charge in [-0.25, -0.2) is 9.67 Å². The van der Waals surface area contributed by atoms with Crippen LogP contribution in [0, 0.1) is 0 Å². The second-order valence-corrected chi connectivity index (χ2v) is 3.40. The van der Waals surface area contributed by atoms with Gasteiger partial charge >= 0.3 is 0 Å². The van der Waals surface area contributed by atoms with Crippen molar-refractivity contribution in [2.45, 2.75) is 39.7 Å². The lowest BCUT2D eigenvalue weighted by Crippen LogP contribution is -2.05. The first kappa shape index (κ1) is 10.6. The van der Waals surface area contributed by atoms with Crippen molar-refractivity contribution in [2.75, 3.05) is 5.75 Å². The summed E-state index contributed by atoms with van der Waals surface area (Å²) in [7, 11) is 0. The lowest BCUT2D eigenvalue weighted by molar-refractivity contribution is 0.572. The van der Waals surface area contributed by atoms with Crippen molar-refractivity contribution in [1.82, 2.24) is 14.8 Å². The summed E-state index contributed by atoms with van der Waals surface area (Å²) in [4.78, 5) is 4.43. The van der Waals surface area contributed by atoms with Crippen LogP contribution >= 0.6 is 12.6 Å². The predicted molar refractivity (Wildman–Crippen MR) is 57.2 cm³/mol. The Labute approximate surface area is 85.0 Å². The fraction of sp³-hybridized carbons (Fsp3) is 0.778. The van der Waals surface area contributed by atoms with Crippen molar-refractivity contribution < 1.29 is 0 Å². The summed E-state index contributed by atoms with van der Waals surface area (Å²) >= 11 is 4.18. The minimum atomic E-state index is 0.907. The Morgan fingerprint density at radius 1 is 1.31 bits per heavy atom. The van der Waals surface area contributed by atoms with Crippen molar-refractivity contribution in [3.63, 3.8) is 0 Å². The Morgan fingerprint density at radius 2 is 2.08 bits per heavy atom. The maximum atomic E-state index is 4.43. The van der Waals surface area contributed by atoms with E-state index >= 15 is 0 Å². The summed E-state index contributed by atoms with van der Waals surface area (Å²) in [5.74, 6) is 2.96. The van der Waals surface area contributed by atoms with Crippen LogP contribution in [0.5, 0.6) is 0 Å². The van der Waals surface area contributed by atoms with E-state index in [0.717, 1.165) is 43.2 Å². The predicted octanol–water partition coefficient (Wildman–Crippen LogP) is 1.72. The number of rotatable bonds is 5. The van der Waals surface area contributed by atoms with Crippen LogP contribution in [0.3, 0.4) is 0 Å². The lowest BCUT2D eigenvalue weighted by Gasteiger charge is -2.01. The molecule has 0 amide bonds. The van der Waals surface area contributed by atoms with Crippen LogP contribution in [0.4, 0.5) is 0 Å². The molecular formula is C9H17N3S. The van der Waals surface area contributed by atoms with Crippen LogP contribution in [-0.4, -0.2) is 20.5 Å². The Morgan fingerprint density at radius 3 is 2.62 bits per heavy atom. The monoisotopic (exact) mass is 199 g/mol. The van der Waals surface area contributed by atoms with Crippen LogP contribution in [0.2, 0.25) is 0 Å². The van der Waals surface area contributed by atoms with Gasteiger partial charge in [0.15, 0.2) is 5.82 Å². The lowest BCUT2D eigenvalue weighted by atomic mass is 10.4. The molecule has 13 heavy (non-hydrogen) atoms. The van der Waals surface area contributed by atoms with E-state index in [-0.39, 0.29) is 0 Å². The highest BCUT2D eigenvalue weighted by Crippen LogP contribution is 2.02. The summed E-state index contributed by atoms with van der Waals surface area (Å²) in [6, 6.07) is 0. The third kappa shape index (κ3) is 2.72. The van der Waals surface area contributed by atoms with Crippen molar-refractivity contribution in [3.8, 4) is 0 Å². The zero-order valence-corrected chi connectivity index (χ0v) is 9.22. The molecule has 0 spiro atoms. The normalized spacial score (nSPS) is 10.7. The maximum Gasteiger partial charge on any atom is 0.150 e. The van der Waals surface area contributed by atoms with Gasteiger partial charge in [0.05, 0.1) is 0 Å². The molecule has 0 aromatic carbocycles. The first-order valence-corrected chi connectivity index (χ1v) is 5.48. The Hall–Kier alpha value is -0.510. The second kappa shape index (κ2) is 5.27. The van der Waals surface area contributed by atoms with E-state index in [1.807, 2.05) is 4.68 Å². The molecule has 0 unspecified atom stereocenters. The van der Waals surface area contributed by atoms with E-state index in [0.29, 0.717) is 0 Å². The molecule has 1 rings (SSSR count). The molecule has 0 N–H and O–H groups in total. The number of nitrogens with zero attached hydrogens (tertiary/aromatic N) is 3. The number of thiol groups is 1. The van der Waals surface area contributed by atoms with Gasteiger partial charge in [-0.2, -0.15) is 17.7 Å². The summed E-state index contributed by atoms with van der Waals surface area (Å²) in [5.41, 5.74) is 0. The topological polar surface area (TPSA) is 30.7 Å². The second-order valence-electron chi connectivity index (χ2n) is 2.95. The Kier molecular flexibility index (Phi) is 4.28. The molecule has 0 saturated carbocycles. The Balaban J connectivity index is 2.71. The third-order valence-electron chi connectivity index (χ3n) is 1.95. The Bertz CT molecular complexity index is 257. The van der Waals surface area contributed by atoms with Crippen LogP contribution in [0.15, 0.2) is 0 Å². The zero-order chi connectivity index (χ0) is 9.68. The molecule has 1 heterocycles. The maximum absolute atomic E-state index is 4.43. The van der Waals surface area contributed by atoms with Crippen LogP contribution in [0.25, 0.3) is 0 Å². The number of aryl methyl sites for hydroxylation is 3. The highest BCUT2D eigenvalue weighted by molar-refractivity contribution is 7.80. The molecule has 4 heteroatoms. The van der Waals surface area contributed by atoms with Gasteiger partial charge in [0.2, 0.25) is 0 Å². The standard InChI is InChI=1S/C9H17N3S/c1-3-8-10-9(4-2)12(11-8)6-5-7-13/h13H,3-7H2,1-2H3. The van der Waals surface area contributed by atoms with Crippen molar-refractivity contribution in [1.29, 1.82) is 0 Å². The van der Waals surface area contributed by atoms with Crippen molar-refractivity contribution in [2.24, 2.45) is 0 Å². The molecule has 74 valence electrons. The first-order chi connectivity index (χ1) is 6.31. The number of hydrogen-bond donors (Lipinski definition) is 1. The summed E-state index contributed by atoms with van der Waals surface area (Å²) in [6.07, 6.45) is 2.93. The van der Waals surface area contributed by atoms with Gasteiger partial charge < -0.3 is 0 Å². The van der Waals surface area contributed by atoms with E-state index in [4.69, 9.17) is 0 Å². The van der Waals surface area contributed by atoms with E-state index < -0.39 is 0 Å². The smallest absolute Gasteiger partial charge is 0.150 e. The van der Waals surface area contributed by atoms with E-state index in [1.54, 1.807) is 0 Å². The zero-order valence-electron chi connectivity index (χ0n) is 8.32. The molecule has 0 aliphatic rings. The van der Waals surface area contributed by atoms with Crippen LogP contribution in [0.1, 0.15) is 31.9 Å². The fourth-order valence-corrected chi connectivity index (χ4v) is 1.38. The summed E-state index contributed by atoms with van der Waals surface area (Å²) in [5, 5.41) is 4.41. The SMILES string of the molecule is CCc1nc(CC)n(CCCS)n1. The van der Waals surface area contributed by atoms with Crippen molar-refractivity contribution >= 4 is 12.6 Å². The van der Waals surface area contributed by atoms with Gasteiger partial charge in [0.25, 0.3) is 0 Å². The van der Waals surface area contributed by atoms with Gasteiger partial charge in [-0.3, -0.25) is 0 Å². The van der Waals surface area contributed by atoms with Gasteiger partial charge in [0.1, 0.15) is 5.82 Å². The molecule has 0 aliphatic carbocycles. The molecule has 0 saturated heterocycles. The largest absolute Gasteiger partial charge is 0.250 e. The van der Waals surface area contributed by atoms with E-state index in [9.17, 15) is 0 Å². The molecule has 0 radical (unpaired) electrons. The van der Waals surface area contributed by atoms with Gasteiger partial charge in [-0.1, -0.05) is 13.8 Å². The molecule has 3 nitrogen and oxygen atoms in total. The average Bonchev–Trinajstić information content (AvgIpc) is 2.57. The minimum absolute atomic E-state index is 0.907. The highest BCUT2D eigenvalue weighted by atomic mass is 32.1. The van der Waals surface area contributed by atoms with Crippen LogP contribution in [-0.2, 0) is 19.4 Å². The molecule has 1 aromatic heterocycles. The quantitative estimate of drug-likeness (QED) is 0.732. The van der Waals surface area contributed by atoms with Gasteiger partial charge in [-0.05, 0) is 12.2 Å². The fourth-order valence-electron chi connectivity index (χ4n) is 1.24. The number of hydrogen-bond acceptors (Lipinski definition) is 3. The molecule has 1 aromatic rings. The summed E-state index contributed by atoms with van der Waals surface area (Å²) in [6.45, 7) is 5.14. The third-order valence-corrected chi connectivity index (χ3v) is 2.27. The highest BCUT2D eigenvalue weighted by Gasteiger charge is 2.05. The molecule has 0 bridgehead atoms. The van der Waals surface area contributed by atoms with Crippen LogP contribution < -0.4 is 0 Å².